The molecule has 106 valence electrons. The summed E-state index contributed by atoms with van der Waals surface area (Å²) in [6, 6.07) is 10.5. The van der Waals surface area contributed by atoms with Gasteiger partial charge in [-0.05, 0) is 47.9 Å². The summed E-state index contributed by atoms with van der Waals surface area (Å²) >= 11 is 3.44. The summed E-state index contributed by atoms with van der Waals surface area (Å²) in [5, 5.41) is 0. The number of hydrogen-bond donors (Lipinski definition) is 2. The van der Waals surface area contributed by atoms with E-state index in [2.05, 4.69) is 21.4 Å². The van der Waals surface area contributed by atoms with Crippen LogP contribution in [0.25, 0.3) is 0 Å². The Kier molecular flexibility index (Phi) is 4.75. The van der Waals surface area contributed by atoms with Crippen LogP contribution in [0.3, 0.4) is 0 Å². The van der Waals surface area contributed by atoms with Gasteiger partial charge >= 0.3 is 0 Å². The van der Waals surface area contributed by atoms with E-state index in [4.69, 9.17) is 10.6 Å². The second kappa shape index (κ2) is 6.35. The van der Waals surface area contributed by atoms with E-state index in [1.165, 1.54) is 13.2 Å². The number of nitrogens with two attached hydrogens (primary N) is 1. The van der Waals surface area contributed by atoms with Crippen LogP contribution in [-0.4, -0.2) is 7.11 Å². The first-order valence-corrected chi connectivity index (χ1v) is 6.91. The number of hydrazine groups is 1. The van der Waals surface area contributed by atoms with Gasteiger partial charge in [0, 0.05) is 4.47 Å². The van der Waals surface area contributed by atoms with E-state index in [0.717, 1.165) is 21.2 Å². The van der Waals surface area contributed by atoms with Gasteiger partial charge in [-0.3, -0.25) is 5.84 Å². The number of hydrogen-bond acceptors (Lipinski definition) is 3. The van der Waals surface area contributed by atoms with E-state index in [0.29, 0.717) is 0 Å². The lowest BCUT2D eigenvalue weighted by Crippen LogP contribution is -2.29. The van der Waals surface area contributed by atoms with Crippen molar-refractivity contribution in [2.24, 2.45) is 5.84 Å². The van der Waals surface area contributed by atoms with Crippen LogP contribution in [0, 0.1) is 12.7 Å². The lowest BCUT2D eigenvalue weighted by molar-refractivity contribution is 0.385. The predicted molar refractivity (Wildman–Crippen MR) is 81.0 cm³/mol. The molecule has 1 unspecified atom stereocenters. The minimum atomic E-state index is -0.405. The minimum Gasteiger partial charge on any atom is -0.494 e. The molecule has 0 aliphatic carbocycles. The first kappa shape index (κ1) is 15.0. The molecule has 3 N–H and O–H groups in total. The highest BCUT2D eigenvalue weighted by molar-refractivity contribution is 9.10. The first-order valence-electron chi connectivity index (χ1n) is 6.12. The molecular weight excluding hydrogens is 323 g/mol. The Morgan fingerprint density at radius 3 is 2.60 bits per heavy atom. The van der Waals surface area contributed by atoms with Crippen molar-refractivity contribution in [2.75, 3.05) is 7.11 Å². The molecule has 0 saturated heterocycles. The quantitative estimate of drug-likeness (QED) is 0.663. The third kappa shape index (κ3) is 3.00. The van der Waals surface area contributed by atoms with Gasteiger partial charge in [-0.2, -0.15) is 0 Å². The highest BCUT2D eigenvalue weighted by Crippen LogP contribution is 2.29. The van der Waals surface area contributed by atoms with Crippen LogP contribution in [0.1, 0.15) is 22.7 Å². The number of rotatable bonds is 4. The average Bonchev–Trinajstić information content (AvgIpc) is 2.44. The molecule has 2 aromatic carbocycles. The maximum atomic E-state index is 13.8. The van der Waals surface area contributed by atoms with Gasteiger partial charge in [-0.25, -0.2) is 9.82 Å². The zero-order valence-corrected chi connectivity index (χ0v) is 12.9. The van der Waals surface area contributed by atoms with Crippen molar-refractivity contribution in [2.45, 2.75) is 13.0 Å². The molecule has 2 aromatic rings. The zero-order chi connectivity index (χ0) is 14.7. The maximum absolute atomic E-state index is 13.8. The molecule has 0 radical (unpaired) electrons. The van der Waals surface area contributed by atoms with Crippen LogP contribution in [-0.2, 0) is 0 Å². The van der Waals surface area contributed by atoms with E-state index < -0.39 is 5.82 Å². The maximum Gasteiger partial charge on any atom is 0.165 e. The normalized spacial score (nSPS) is 12.2. The van der Waals surface area contributed by atoms with Gasteiger partial charge in [-0.1, -0.05) is 28.1 Å². The van der Waals surface area contributed by atoms with E-state index in [9.17, 15) is 4.39 Å². The largest absolute Gasteiger partial charge is 0.494 e. The van der Waals surface area contributed by atoms with Crippen LogP contribution < -0.4 is 16.0 Å². The van der Waals surface area contributed by atoms with Gasteiger partial charge < -0.3 is 4.74 Å². The topological polar surface area (TPSA) is 47.3 Å². The summed E-state index contributed by atoms with van der Waals surface area (Å²) in [5.74, 6) is 5.47. The molecular formula is C15H16BrFN2O. The molecule has 0 aliphatic rings. The number of aryl methyl sites for hydroxylation is 1. The van der Waals surface area contributed by atoms with Crippen LogP contribution in [0.5, 0.6) is 5.75 Å². The Bertz CT molecular complexity index is 619. The van der Waals surface area contributed by atoms with E-state index in [-0.39, 0.29) is 11.8 Å². The van der Waals surface area contributed by atoms with Gasteiger partial charge in [0.2, 0.25) is 0 Å². The van der Waals surface area contributed by atoms with Crippen molar-refractivity contribution >= 4 is 15.9 Å². The van der Waals surface area contributed by atoms with Crippen LogP contribution in [0.15, 0.2) is 40.9 Å². The summed E-state index contributed by atoms with van der Waals surface area (Å²) in [4.78, 5) is 0. The van der Waals surface area contributed by atoms with Crippen LogP contribution >= 0.6 is 15.9 Å². The highest BCUT2D eigenvalue weighted by Gasteiger charge is 2.17. The fourth-order valence-electron chi connectivity index (χ4n) is 2.15. The third-order valence-electron chi connectivity index (χ3n) is 3.23. The molecule has 3 nitrogen and oxygen atoms in total. The molecule has 5 heteroatoms. The Balaban J connectivity index is 2.46. The number of benzene rings is 2. The summed E-state index contributed by atoms with van der Waals surface area (Å²) in [6.45, 7) is 1.99. The van der Waals surface area contributed by atoms with E-state index in [1.807, 2.05) is 25.1 Å². The summed E-state index contributed by atoms with van der Waals surface area (Å²) < 4.78 is 19.7. The average molecular weight is 339 g/mol. The molecule has 0 heterocycles. The summed E-state index contributed by atoms with van der Waals surface area (Å²) in [5.41, 5.74) is 5.55. The van der Waals surface area contributed by atoms with Gasteiger partial charge in [0.05, 0.1) is 13.2 Å². The van der Waals surface area contributed by atoms with E-state index >= 15 is 0 Å². The molecule has 2 rings (SSSR count). The van der Waals surface area contributed by atoms with Crippen molar-refractivity contribution in [1.29, 1.82) is 0 Å². The lowest BCUT2D eigenvalue weighted by Gasteiger charge is -2.20. The number of methoxy groups -OCH3 is 1. The number of nitrogens with one attached hydrogen (secondary N) is 1. The van der Waals surface area contributed by atoms with Gasteiger partial charge in [0.1, 0.15) is 0 Å². The Morgan fingerprint density at radius 2 is 2.00 bits per heavy atom. The SMILES string of the molecule is COc1ccc(C(NN)c2cc(Br)ccc2C)cc1F. The number of halogens is 2. The number of ether oxygens (including phenoxy) is 1. The fraction of sp³-hybridized carbons (Fsp3) is 0.200. The monoisotopic (exact) mass is 338 g/mol. The van der Waals surface area contributed by atoms with E-state index in [1.54, 1.807) is 12.1 Å². The third-order valence-corrected chi connectivity index (χ3v) is 3.72. The Labute approximate surface area is 126 Å². The summed E-state index contributed by atoms with van der Waals surface area (Å²) in [7, 11) is 1.44. The lowest BCUT2D eigenvalue weighted by atomic mass is 9.95. The molecule has 0 aliphatic heterocycles. The van der Waals surface area contributed by atoms with Crippen molar-refractivity contribution in [1.82, 2.24) is 5.43 Å². The first-order chi connectivity index (χ1) is 9.56. The summed E-state index contributed by atoms with van der Waals surface area (Å²) in [6.07, 6.45) is 0. The van der Waals surface area contributed by atoms with Gasteiger partial charge in [-0.15, -0.1) is 0 Å². The molecule has 0 aromatic heterocycles. The van der Waals surface area contributed by atoms with Crippen molar-refractivity contribution < 1.29 is 9.13 Å². The molecule has 1 atom stereocenters. The van der Waals surface area contributed by atoms with Crippen molar-refractivity contribution in [3.05, 3.63) is 63.4 Å². The fourth-order valence-corrected chi connectivity index (χ4v) is 2.53. The highest BCUT2D eigenvalue weighted by atomic mass is 79.9. The Morgan fingerprint density at radius 1 is 1.25 bits per heavy atom. The van der Waals surface area contributed by atoms with Crippen LogP contribution in [0.2, 0.25) is 0 Å². The molecule has 0 spiro atoms. The second-order valence-corrected chi connectivity index (χ2v) is 5.41. The molecule has 0 saturated carbocycles. The molecule has 0 amide bonds. The van der Waals surface area contributed by atoms with Crippen LogP contribution in [0.4, 0.5) is 4.39 Å². The minimum absolute atomic E-state index is 0.218. The second-order valence-electron chi connectivity index (χ2n) is 4.49. The van der Waals surface area contributed by atoms with Gasteiger partial charge in [0.25, 0.3) is 0 Å². The smallest absolute Gasteiger partial charge is 0.165 e. The van der Waals surface area contributed by atoms with Gasteiger partial charge in [0.15, 0.2) is 11.6 Å². The predicted octanol–water partition coefficient (Wildman–Crippen LogP) is 3.46. The molecule has 20 heavy (non-hydrogen) atoms. The van der Waals surface area contributed by atoms with Crippen molar-refractivity contribution in [3.8, 4) is 5.75 Å². The Hall–Kier alpha value is -1.43. The molecule has 0 fully saturated rings. The zero-order valence-electron chi connectivity index (χ0n) is 11.3. The standard InChI is InChI=1S/C15H16BrFN2O/c1-9-3-5-11(16)8-12(9)15(19-18)10-4-6-14(20-2)13(17)7-10/h3-8,15,19H,18H2,1-2H3. The van der Waals surface area contributed by atoms with Crippen molar-refractivity contribution in [3.63, 3.8) is 0 Å². The molecule has 0 bridgehead atoms.